The van der Waals surface area contributed by atoms with Crippen molar-refractivity contribution in [1.82, 2.24) is 5.32 Å². The first kappa shape index (κ1) is 14.4. The van der Waals surface area contributed by atoms with Crippen molar-refractivity contribution in [2.75, 3.05) is 13.2 Å². The highest BCUT2D eigenvalue weighted by Gasteiger charge is 2.43. The van der Waals surface area contributed by atoms with Gasteiger partial charge in [0.15, 0.2) is 5.56 Å². The molecule has 5 nitrogen and oxygen atoms in total. The maximum Gasteiger partial charge on any atom is 0.314 e. The molecule has 0 aromatic rings. The molecule has 1 unspecified atom stereocenters. The summed E-state index contributed by atoms with van der Waals surface area (Å²) >= 11 is 1.52. The Morgan fingerprint density at radius 2 is 2.26 bits per heavy atom. The van der Waals surface area contributed by atoms with Crippen molar-refractivity contribution < 1.29 is 19.1 Å². The van der Waals surface area contributed by atoms with E-state index in [1.807, 2.05) is 11.6 Å². The molecule has 106 valence electrons. The Balaban J connectivity index is 1.96. The second kappa shape index (κ2) is 6.43. The number of carbonyl (C=O) groups excluding carboxylic acids is 2. The average Bonchev–Trinajstić information content (AvgIpc) is 2.92. The number of ketones is 1. The summed E-state index contributed by atoms with van der Waals surface area (Å²) in [7, 11) is 0. The zero-order valence-corrected chi connectivity index (χ0v) is 11.8. The van der Waals surface area contributed by atoms with Gasteiger partial charge in [0, 0.05) is 19.0 Å². The first-order valence-electron chi connectivity index (χ1n) is 6.53. The van der Waals surface area contributed by atoms with Crippen LogP contribution in [0.15, 0.2) is 11.6 Å². The maximum atomic E-state index is 12.2. The second-order valence-corrected chi connectivity index (χ2v) is 5.76. The van der Waals surface area contributed by atoms with Crippen LogP contribution in [-0.2, 0) is 19.1 Å². The molecule has 19 heavy (non-hydrogen) atoms. The second-order valence-electron chi connectivity index (χ2n) is 4.79. The molecule has 0 radical (unpaired) electrons. The van der Waals surface area contributed by atoms with Gasteiger partial charge in [-0.25, -0.2) is 0 Å². The summed E-state index contributed by atoms with van der Waals surface area (Å²) in [4.78, 5) is 23.5. The van der Waals surface area contributed by atoms with Crippen molar-refractivity contribution in [3.8, 4) is 0 Å². The first-order chi connectivity index (χ1) is 9.16. The highest BCUT2D eigenvalue weighted by molar-refractivity contribution is 8.02. The van der Waals surface area contributed by atoms with Crippen LogP contribution in [0.4, 0.5) is 0 Å². The molecule has 1 aliphatic heterocycles. The molecule has 2 rings (SSSR count). The molecule has 0 amide bonds. The zero-order chi connectivity index (χ0) is 13.7. The van der Waals surface area contributed by atoms with Gasteiger partial charge in [-0.15, -0.1) is 0 Å². The maximum absolute atomic E-state index is 12.2. The molecule has 6 heteroatoms. The first-order valence-corrected chi connectivity index (χ1v) is 7.48. The summed E-state index contributed by atoms with van der Waals surface area (Å²) in [5.74, 6) is -0.0200. The van der Waals surface area contributed by atoms with Crippen LogP contribution in [0.3, 0.4) is 0 Å². The van der Waals surface area contributed by atoms with Gasteiger partial charge in [-0.3, -0.25) is 9.59 Å². The minimum absolute atomic E-state index is 0.149. The van der Waals surface area contributed by atoms with Gasteiger partial charge in [-0.05, 0) is 25.2 Å². The van der Waals surface area contributed by atoms with Crippen LogP contribution in [0, 0.1) is 5.41 Å². The van der Waals surface area contributed by atoms with E-state index in [0.717, 1.165) is 0 Å². The van der Waals surface area contributed by atoms with Gasteiger partial charge in [0.1, 0.15) is 5.78 Å². The molecule has 0 aromatic carbocycles. The van der Waals surface area contributed by atoms with Crippen LogP contribution in [0.1, 0.15) is 32.6 Å². The Morgan fingerprint density at radius 3 is 2.84 bits per heavy atom. The fraction of sp³-hybridized carbons (Fsp3) is 0.692. The van der Waals surface area contributed by atoms with Gasteiger partial charge in [0.2, 0.25) is 0 Å². The normalized spacial score (nSPS) is 25.1. The summed E-state index contributed by atoms with van der Waals surface area (Å²) in [5.41, 5.74) is -0.807. The summed E-state index contributed by atoms with van der Waals surface area (Å²) in [6.07, 6.45) is 3.74. The lowest BCUT2D eigenvalue weighted by atomic mass is 9.74. The molecule has 1 heterocycles. The predicted octanol–water partition coefficient (Wildman–Crippen LogP) is 1.79. The number of nitrogens with one attached hydrogen (secondary N) is 1. The van der Waals surface area contributed by atoms with E-state index in [4.69, 9.17) is 9.47 Å². The Bertz CT molecular complexity index is 365. The highest BCUT2D eigenvalue weighted by atomic mass is 32.2. The van der Waals surface area contributed by atoms with Gasteiger partial charge < -0.3 is 14.8 Å². The predicted molar refractivity (Wildman–Crippen MR) is 72.1 cm³/mol. The van der Waals surface area contributed by atoms with Gasteiger partial charge in [-0.1, -0.05) is 11.8 Å². The van der Waals surface area contributed by atoms with E-state index in [9.17, 15) is 9.59 Å². The minimum Gasteiger partial charge on any atom is -0.465 e. The van der Waals surface area contributed by atoms with Crippen LogP contribution in [0.25, 0.3) is 0 Å². The van der Waals surface area contributed by atoms with E-state index in [0.29, 0.717) is 38.9 Å². The van der Waals surface area contributed by atoms with Gasteiger partial charge in [0.05, 0.1) is 18.6 Å². The Morgan fingerprint density at radius 1 is 1.53 bits per heavy atom. The lowest BCUT2D eigenvalue weighted by molar-refractivity contribution is -0.163. The van der Waals surface area contributed by atoms with E-state index in [-0.39, 0.29) is 17.3 Å². The Hall–Kier alpha value is -1.01. The zero-order valence-electron chi connectivity index (χ0n) is 11.0. The number of hydrogen-bond donors (Lipinski definition) is 1. The van der Waals surface area contributed by atoms with E-state index in [1.165, 1.54) is 11.8 Å². The van der Waals surface area contributed by atoms with E-state index < -0.39 is 5.41 Å². The van der Waals surface area contributed by atoms with Crippen LogP contribution < -0.4 is 5.32 Å². The third-order valence-corrected chi connectivity index (χ3v) is 4.30. The topological polar surface area (TPSA) is 64.6 Å². The van der Waals surface area contributed by atoms with Crippen molar-refractivity contribution in [3.63, 3.8) is 0 Å². The standard InChI is InChI=1S/C13H19NO4S/c1-2-17-11(16)13(5-3-10(15)4-6-13)9-18-12-14-7-8-19-12/h7-8,12,14H,2-6,9H2,1H3. The number of hydrogen-bond acceptors (Lipinski definition) is 6. The molecule has 1 atom stereocenters. The third-order valence-electron chi connectivity index (χ3n) is 3.49. The molecule has 0 aromatic heterocycles. The molecular weight excluding hydrogens is 266 g/mol. The molecule has 1 aliphatic carbocycles. The van der Waals surface area contributed by atoms with Gasteiger partial charge in [0.25, 0.3) is 0 Å². The van der Waals surface area contributed by atoms with Gasteiger partial charge >= 0.3 is 5.97 Å². The smallest absolute Gasteiger partial charge is 0.314 e. The molecule has 0 bridgehead atoms. The molecule has 1 saturated carbocycles. The lowest BCUT2D eigenvalue weighted by Crippen LogP contribution is -2.42. The Labute approximate surface area is 117 Å². The molecule has 2 aliphatic rings. The number of carbonyl (C=O) groups is 2. The number of Topliss-reactive ketones (excluding diaryl/α,β-unsaturated/α-hetero) is 1. The summed E-state index contributed by atoms with van der Waals surface area (Å²) in [6.45, 7) is 2.44. The number of ether oxygens (including phenoxy) is 2. The lowest BCUT2D eigenvalue weighted by Gasteiger charge is -2.34. The summed E-state index contributed by atoms with van der Waals surface area (Å²) < 4.78 is 10.9. The van der Waals surface area contributed by atoms with E-state index in [1.54, 1.807) is 6.92 Å². The van der Waals surface area contributed by atoms with Crippen molar-refractivity contribution in [2.24, 2.45) is 5.41 Å². The molecule has 0 spiro atoms. The van der Waals surface area contributed by atoms with E-state index in [2.05, 4.69) is 5.32 Å². The largest absolute Gasteiger partial charge is 0.465 e. The molecular formula is C13H19NO4S. The summed E-state index contributed by atoms with van der Waals surface area (Å²) in [6, 6.07) is 0. The monoisotopic (exact) mass is 285 g/mol. The van der Waals surface area contributed by atoms with Crippen molar-refractivity contribution >= 4 is 23.5 Å². The Kier molecular flexibility index (Phi) is 4.87. The summed E-state index contributed by atoms with van der Waals surface area (Å²) in [5, 5.41) is 4.94. The van der Waals surface area contributed by atoms with Crippen LogP contribution in [0.2, 0.25) is 0 Å². The minimum atomic E-state index is -0.658. The SMILES string of the molecule is CCOC(=O)C1(COC2NC=CS2)CCC(=O)CC1. The van der Waals surface area contributed by atoms with E-state index >= 15 is 0 Å². The van der Waals surface area contributed by atoms with Crippen molar-refractivity contribution in [1.29, 1.82) is 0 Å². The van der Waals surface area contributed by atoms with Gasteiger partial charge in [-0.2, -0.15) is 0 Å². The number of thioether (sulfide) groups is 1. The number of rotatable bonds is 5. The van der Waals surface area contributed by atoms with Crippen LogP contribution in [-0.4, -0.2) is 30.5 Å². The van der Waals surface area contributed by atoms with Crippen molar-refractivity contribution in [2.45, 2.75) is 38.2 Å². The third kappa shape index (κ3) is 3.51. The van der Waals surface area contributed by atoms with Crippen LogP contribution >= 0.6 is 11.8 Å². The van der Waals surface area contributed by atoms with Crippen molar-refractivity contribution in [3.05, 3.63) is 11.6 Å². The highest BCUT2D eigenvalue weighted by Crippen LogP contribution is 2.37. The molecule has 1 fully saturated rings. The quantitative estimate of drug-likeness (QED) is 0.777. The average molecular weight is 285 g/mol. The fourth-order valence-electron chi connectivity index (χ4n) is 2.29. The fourth-order valence-corrected chi connectivity index (χ4v) is 2.89. The van der Waals surface area contributed by atoms with Crippen LogP contribution in [0.5, 0.6) is 0 Å². The number of esters is 1. The molecule has 0 saturated heterocycles. The molecule has 1 N–H and O–H groups in total.